The third kappa shape index (κ3) is 4.47. The van der Waals surface area contributed by atoms with E-state index >= 15 is 0 Å². The van der Waals surface area contributed by atoms with E-state index in [2.05, 4.69) is 25.8 Å². The van der Waals surface area contributed by atoms with Crippen LogP contribution in [0.5, 0.6) is 0 Å². The van der Waals surface area contributed by atoms with Gasteiger partial charge in [-0.3, -0.25) is 4.79 Å². The maximum atomic E-state index is 12.6. The number of carbonyl (C=O) groups excluding carboxylic acids is 1. The lowest BCUT2D eigenvalue weighted by molar-refractivity contribution is 0.102. The molecule has 0 radical (unpaired) electrons. The Hall–Kier alpha value is -3.81. The summed E-state index contributed by atoms with van der Waals surface area (Å²) in [6.45, 7) is 4.68. The van der Waals surface area contributed by atoms with E-state index in [4.69, 9.17) is 11.5 Å². The summed E-state index contributed by atoms with van der Waals surface area (Å²) in [4.78, 5) is 15.7. The first-order valence-corrected chi connectivity index (χ1v) is 8.88. The minimum atomic E-state index is -0.208. The molecule has 1 amide bonds. The number of nitrogens with zero attached hydrogens (tertiary/aromatic N) is 2. The fourth-order valence-corrected chi connectivity index (χ4v) is 2.75. The number of guanidine groups is 1. The lowest BCUT2D eigenvalue weighted by Gasteiger charge is -2.05. The van der Waals surface area contributed by atoms with Crippen LogP contribution in [0.2, 0.25) is 0 Å². The average molecular weight is 377 g/mol. The molecule has 1 aromatic heterocycles. The van der Waals surface area contributed by atoms with Gasteiger partial charge in [0.2, 0.25) is 5.96 Å². The van der Waals surface area contributed by atoms with Crippen LogP contribution in [-0.2, 0) is 0 Å². The number of amides is 1. The number of hydrogen-bond acceptors (Lipinski definition) is 4. The Labute approximate surface area is 162 Å². The SMILES string of the molecule is CCNc1ccc2cc(C(=O)Nc3ccc(/C(C)=N\N=C(N)N)cc3)[nH]c2c1. The normalized spacial score (nSPS) is 11.3. The van der Waals surface area contributed by atoms with Crippen molar-refractivity contribution in [1.29, 1.82) is 0 Å². The van der Waals surface area contributed by atoms with Gasteiger partial charge < -0.3 is 27.1 Å². The lowest BCUT2D eigenvalue weighted by Crippen LogP contribution is -2.22. The molecular formula is C20H23N7O. The molecule has 8 heteroatoms. The van der Waals surface area contributed by atoms with E-state index in [0.29, 0.717) is 17.1 Å². The van der Waals surface area contributed by atoms with E-state index in [1.165, 1.54) is 0 Å². The number of H-pyrrole nitrogens is 1. The third-order valence-electron chi connectivity index (χ3n) is 4.12. The first-order valence-electron chi connectivity index (χ1n) is 8.88. The highest BCUT2D eigenvalue weighted by Gasteiger charge is 2.10. The van der Waals surface area contributed by atoms with Crippen molar-refractivity contribution in [2.75, 3.05) is 17.2 Å². The van der Waals surface area contributed by atoms with Crippen molar-refractivity contribution in [2.45, 2.75) is 13.8 Å². The molecule has 3 aromatic rings. The van der Waals surface area contributed by atoms with Crippen molar-refractivity contribution in [2.24, 2.45) is 21.7 Å². The Balaban J connectivity index is 1.73. The number of hydrogen-bond donors (Lipinski definition) is 5. The number of aromatic nitrogens is 1. The van der Waals surface area contributed by atoms with Crippen LogP contribution in [0.25, 0.3) is 10.9 Å². The van der Waals surface area contributed by atoms with Crippen molar-refractivity contribution >= 4 is 39.9 Å². The van der Waals surface area contributed by atoms with E-state index < -0.39 is 0 Å². The molecule has 3 rings (SSSR count). The average Bonchev–Trinajstić information content (AvgIpc) is 3.10. The van der Waals surface area contributed by atoms with Crippen LogP contribution in [0, 0.1) is 0 Å². The first kappa shape index (κ1) is 19.0. The van der Waals surface area contributed by atoms with Gasteiger partial charge in [-0.25, -0.2) is 0 Å². The summed E-state index contributed by atoms with van der Waals surface area (Å²) in [7, 11) is 0. The molecule has 1 heterocycles. The molecule has 0 bridgehead atoms. The van der Waals surface area contributed by atoms with Crippen LogP contribution in [0.4, 0.5) is 11.4 Å². The molecule has 28 heavy (non-hydrogen) atoms. The van der Waals surface area contributed by atoms with Gasteiger partial charge in [0.15, 0.2) is 0 Å². The molecule has 7 N–H and O–H groups in total. The number of aromatic amines is 1. The van der Waals surface area contributed by atoms with Crippen molar-refractivity contribution in [3.63, 3.8) is 0 Å². The molecule has 0 saturated carbocycles. The number of anilines is 2. The van der Waals surface area contributed by atoms with Crippen molar-refractivity contribution < 1.29 is 4.79 Å². The standard InChI is InChI=1S/C20H23N7O/c1-3-23-16-9-6-14-10-18(25-17(14)11-16)19(28)24-15-7-4-13(5-8-15)12(2)26-27-20(21)22/h4-11,23,25H,3H2,1-2H3,(H,24,28)(H4,21,22,27)/b26-12-. The molecule has 0 spiro atoms. The van der Waals surface area contributed by atoms with E-state index in [0.717, 1.165) is 28.7 Å². The van der Waals surface area contributed by atoms with Gasteiger partial charge in [0.1, 0.15) is 5.69 Å². The van der Waals surface area contributed by atoms with Gasteiger partial charge in [0.25, 0.3) is 5.91 Å². The van der Waals surface area contributed by atoms with E-state index in [9.17, 15) is 4.79 Å². The topological polar surface area (TPSA) is 134 Å². The van der Waals surface area contributed by atoms with Gasteiger partial charge >= 0.3 is 0 Å². The maximum absolute atomic E-state index is 12.6. The van der Waals surface area contributed by atoms with Crippen LogP contribution < -0.4 is 22.1 Å². The predicted molar refractivity (Wildman–Crippen MR) is 115 cm³/mol. The molecule has 0 aliphatic carbocycles. The number of nitrogens with one attached hydrogen (secondary N) is 3. The zero-order valence-electron chi connectivity index (χ0n) is 15.8. The first-order chi connectivity index (χ1) is 13.5. The number of carbonyl (C=O) groups is 1. The molecule has 144 valence electrons. The predicted octanol–water partition coefficient (Wildman–Crippen LogP) is 2.85. The van der Waals surface area contributed by atoms with Crippen molar-refractivity contribution in [3.05, 3.63) is 59.8 Å². The second kappa shape index (κ2) is 8.26. The van der Waals surface area contributed by atoms with Crippen LogP contribution in [0.1, 0.15) is 29.9 Å². The monoisotopic (exact) mass is 377 g/mol. The minimum absolute atomic E-state index is 0.0980. The Kier molecular flexibility index (Phi) is 5.59. The molecule has 0 saturated heterocycles. The van der Waals surface area contributed by atoms with Gasteiger partial charge in [-0.15, -0.1) is 5.10 Å². The number of rotatable bonds is 6. The van der Waals surface area contributed by atoms with Gasteiger partial charge in [-0.05, 0) is 49.7 Å². The highest BCUT2D eigenvalue weighted by atomic mass is 16.1. The molecule has 0 aliphatic heterocycles. The summed E-state index contributed by atoms with van der Waals surface area (Å²) in [6, 6.07) is 15.1. The quantitative estimate of drug-likeness (QED) is 0.256. The number of nitrogens with two attached hydrogens (primary N) is 2. The summed E-state index contributed by atoms with van der Waals surface area (Å²) >= 11 is 0. The smallest absolute Gasteiger partial charge is 0.272 e. The summed E-state index contributed by atoms with van der Waals surface area (Å²) in [5.74, 6) is -0.306. The zero-order chi connectivity index (χ0) is 20.1. The molecule has 2 aromatic carbocycles. The number of benzene rings is 2. The van der Waals surface area contributed by atoms with Gasteiger partial charge in [-0.2, -0.15) is 5.10 Å². The Bertz CT molecular complexity index is 1040. The molecule has 0 aliphatic rings. The van der Waals surface area contributed by atoms with Crippen molar-refractivity contribution in [3.8, 4) is 0 Å². The zero-order valence-corrected chi connectivity index (χ0v) is 15.8. The van der Waals surface area contributed by atoms with Crippen LogP contribution in [0.15, 0.2) is 58.7 Å². The summed E-state index contributed by atoms with van der Waals surface area (Å²) in [5, 5.41) is 14.7. The maximum Gasteiger partial charge on any atom is 0.272 e. The Morgan fingerprint density at radius 3 is 2.43 bits per heavy atom. The second-order valence-corrected chi connectivity index (χ2v) is 6.26. The minimum Gasteiger partial charge on any atom is -0.385 e. The summed E-state index contributed by atoms with van der Waals surface area (Å²) in [6.07, 6.45) is 0. The molecule has 8 nitrogen and oxygen atoms in total. The van der Waals surface area contributed by atoms with Gasteiger partial charge in [0, 0.05) is 28.8 Å². The molecular weight excluding hydrogens is 354 g/mol. The fourth-order valence-electron chi connectivity index (χ4n) is 2.75. The number of fused-ring (bicyclic) bond motifs is 1. The Morgan fingerprint density at radius 2 is 1.75 bits per heavy atom. The van der Waals surface area contributed by atoms with Crippen LogP contribution >= 0.6 is 0 Å². The highest BCUT2D eigenvalue weighted by Crippen LogP contribution is 2.21. The lowest BCUT2D eigenvalue weighted by atomic mass is 10.1. The largest absolute Gasteiger partial charge is 0.385 e. The van der Waals surface area contributed by atoms with E-state index in [1.54, 1.807) is 19.1 Å². The highest BCUT2D eigenvalue weighted by molar-refractivity contribution is 6.06. The Morgan fingerprint density at radius 1 is 1.04 bits per heavy atom. The van der Waals surface area contributed by atoms with E-state index in [1.807, 2.05) is 43.3 Å². The van der Waals surface area contributed by atoms with Gasteiger partial charge in [-0.1, -0.05) is 18.2 Å². The van der Waals surface area contributed by atoms with Crippen molar-refractivity contribution in [1.82, 2.24) is 4.98 Å². The van der Waals surface area contributed by atoms with Crippen LogP contribution in [-0.4, -0.2) is 29.1 Å². The molecule has 0 unspecified atom stereocenters. The van der Waals surface area contributed by atoms with Gasteiger partial charge in [0.05, 0.1) is 5.71 Å². The molecule has 0 atom stereocenters. The molecule has 0 fully saturated rings. The summed E-state index contributed by atoms with van der Waals surface area (Å²) in [5.41, 5.74) is 15.2. The summed E-state index contributed by atoms with van der Waals surface area (Å²) < 4.78 is 0. The fraction of sp³-hybridized carbons (Fsp3) is 0.150. The van der Waals surface area contributed by atoms with Crippen LogP contribution in [0.3, 0.4) is 0 Å². The third-order valence-corrected chi connectivity index (χ3v) is 4.12. The second-order valence-electron chi connectivity index (χ2n) is 6.26. The van der Waals surface area contributed by atoms with E-state index in [-0.39, 0.29) is 11.9 Å².